The summed E-state index contributed by atoms with van der Waals surface area (Å²) in [5.74, 6) is 0.142. The maximum Gasteiger partial charge on any atom is 0.248 e. The summed E-state index contributed by atoms with van der Waals surface area (Å²) in [6, 6.07) is 10.3. The summed E-state index contributed by atoms with van der Waals surface area (Å²) < 4.78 is 0. The van der Waals surface area contributed by atoms with Crippen molar-refractivity contribution in [2.24, 2.45) is 11.7 Å². The van der Waals surface area contributed by atoms with Crippen LogP contribution in [-0.2, 0) is 4.79 Å². The van der Waals surface area contributed by atoms with Crippen LogP contribution in [0.2, 0.25) is 0 Å². The third-order valence-electron chi connectivity index (χ3n) is 4.96. The summed E-state index contributed by atoms with van der Waals surface area (Å²) in [7, 11) is 0. The van der Waals surface area contributed by atoms with E-state index in [1.54, 1.807) is 35.2 Å². The number of carbonyl (C=O) groups is 2. The van der Waals surface area contributed by atoms with Crippen LogP contribution in [0.25, 0.3) is 0 Å². The number of amides is 2. The van der Waals surface area contributed by atoms with Crippen molar-refractivity contribution in [3.05, 3.63) is 53.2 Å². The number of hydrogen-bond acceptors (Lipinski definition) is 5. The highest BCUT2D eigenvalue weighted by atomic mass is 16.1. The van der Waals surface area contributed by atoms with E-state index in [-0.39, 0.29) is 18.0 Å². The molecule has 3 unspecified atom stereocenters. The van der Waals surface area contributed by atoms with Crippen LogP contribution in [0, 0.1) is 17.2 Å². The Bertz CT molecular complexity index is 889. The molecule has 0 aliphatic carbocycles. The molecular formula is C21H25N5O2. The predicted octanol–water partition coefficient (Wildman–Crippen LogP) is 3.23. The summed E-state index contributed by atoms with van der Waals surface area (Å²) in [5, 5.41) is 12.3. The molecule has 0 radical (unpaired) electrons. The minimum absolute atomic E-state index is 0.0460. The van der Waals surface area contributed by atoms with Crippen molar-refractivity contribution in [1.29, 1.82) is 5.26 Å². The Morgan fingerprint density at radius 1 is 1.29 bits per heavy atom. The first-order valence-electron chi connectivity index (χ1n) is 9.26. The number of anilines is 2. The molecule has 1 aliphatic rings. The van der Waals surface area contributed by atoms with Crippen LogP contribution in [0.3, 0.4) is 0 Å². The van der Waals surface area contributed by atoms with E-state index in [1.807, 2.05) is 33.8 Å². The summed E-state index contributed by atoms with van der Waals surface area (Å²) in [5.41, 5.74) is 7.83. The predicted molar refractivity (Wildman–Crippen MR) is 109 cm³/mol. The number of pyridine rings is 1. The van der Waals surface area contributed by atoms with Crippen molar-refractivity contribution in [1.82, 2.24) is 4.98 Å². The van der Waals surface area contributed by atoms with Gasteiger partial charge in [0.15, 0.2) is 0 Å². The number of fused-ring (bicyclic) bond motifs is 1. The molecule has 2 aromatic rings. The second-order valence-electron chi connectivity index (χ2n) is 6.42. The Labute approximate surface area is 165 Å². The Morgan fingerprint density at radius 2 is 2.00 bits per heavy atom. The molecule has 1 aromatic heterocycles. The summed E-state index contributed by atoms with van der Waals surface area (Å²) in [4.78, 5) is 29.1. The van der Waals surface area contributed by atoms with E-state index in [0.29, 0.717) is 16.9 Å². The van der Waals surface area contributed by atoms with Gasteiger partial charge < -0.3 is 16.0 Å². The van der Waals surface area contributed by atoms with E-state index in [9.17, 15) is 9.59 Å². The fourth-order valence-corrected chi connectivity index (χ4v) is 3.29. The first kappa shape index (κ1) is 20.9. The minimum atomic E-state index is -0.521. The Hall–Kier alpha value is -3.40. The van der Waals surface area contributed by atoms with Gasteiger partial charge in [0.2, 0.25) is 12.3 Å². The fraction of sp³-hybridized carbons (Fsp3) is 0.333. The van der Waals surface area contributed by atoms with Crippen LogP contribution in [0.5, 0.6) is 0 Å². The Morgan fingerprint density at radius 3 is 2.54 bits per heavy atom. The molecule has 7 nitrogen and oxygen atoms in total. The minimum Gasteiger partial charge on any atom is -0.366 e. The molecule has 1 aliphatic heterocycles. The van der Waals surface area contributed by atoms with Crippen LogP contribution in [0.15, 0.2) is 36.5 Å². The summed E-state index contributed by atoms with van der Waals surface area (Å²) >= 11 is 0. The number of hydrogen-bond donors (Lipinski definition) is 2. The number of nitrogens with zero attached hydrogens (tertiary/aromatic N) is 3. The molecule has 2 heterocycles. The summed E-state index contributed by atoms with van der Waals surface area (Å²) in [6.07, 6.45) is 2.30. The molecule has 0 fully saturated rings. The van der Waals surface area contributed by atoms with Gasteiger partial charge >= 0.3 is 0 Å². The molecule has 3 N–H and O–H groups in total. The van der Waals surface area contributed by atoms with Crippen molar-refractivity contribution in [2.75, 3.05) is 10.2 Å². The van der Waals surface area contributed by atoms with E-state index >= 15 is 0 Å². The number of rotatable bonds is 4. The van der Waals surface area contributed by atoms with Gasteiger partial charge in [-0.05, 0) is 42.8 Å². The molecule has 146 valence electrons. The molecule has 1 aromatic carbocycles. The zero-order chi connectivity index (χ0) is 20.8. The van der Waals surface area contributed by atoms with Gasteiger partial charge in [-0.2, -0.15) is 5.26 Å². The lowest BCUT2D eigenvalue weighted by Crippen LogP contribution is -2.45. The van der Waals surface area contributed by atoms with Crippen molar-refractivity contribution in [3.8, 4) is 6.07 Å². The average Bonchev–Trinajstić information content (AvgIpc) is 2.73. The molecule has 7 heteroatoms. The zero-order valence-corrected chi connectivity index (χ0v) is 16.5. The number of aromatic nitrogens is 1. The lowest BCUT2D eigenvalue weighted by atomic mass is 9.82. The lowest BCUT2D eigenvalue weighted by Gasteiger charge is -2.42. The number of nitriles is 1. The van der Waals surface area contributed by atoms with Crippen LogP contribution >= 0.6 is 0 Å². The standard InChI is InChI=1S/C19H19N5O2.C2H6/c1-11-12(2)24(10-25)16-5-4-14(19(21)26)7-15(16)18(11)23-17-6-3-13(8-20)9-22-17;1-2/h3-7,9-12,18H,1-2H3,(H2,21,26)(H,22,23);1-2H3. The number of nitrogens with two attached hydrogens (primary N) is 1. The highest BCUT2D eigenvalue weighted by molar-refractivity contribution is 5.94. The Balaban J connectivity index is 0.00000136. The van der Waals surface area contributed by atoms with Crippen LogP contribution < -0.4 is 16.0 Å². The van der Waals surface area contributed by atoms with Gasteiger partial charge in [-0.1, -0.05) is 20.8 Å². The molecule has 0 spiro atoms. The molecule has 0 bridgehead atoms. The maximum absolute atomic E-state index is 11.6. The second-order valence-corrected chi connectivity index (χ2v) is 6.42. The van der Waals surface area contributed by atoms with Crippen LogP contribution in [0.1, 0.15) is 55.2 Å². The summed E-state index contributed by atoms with van der Waals surface area (Å²) in [6.45, 7) is 8.01. The van der Waals surface area contributed by atoms with Gasteiger partial charge in [-0.3, -0.25) is 9.59 Å². The molecule has 2 amide bonds. The molecule has 0 saturated heterocycles. The highest BCUT2D eigenvalue weighted by Gasteiger charge is 2.36. The van der Waals surface area contributed by atoms with Gasteiger partial charge in [0.1, 0.15) is 11.9 Å². The van der Waals surface area contributed by atoms with Gasteiger partial charge in [0, 0.05) is 29.4 Å². The van der Waals surface area contributed by atoms with Crippen molar-refractivity contribution >= 4 is 23.8 Å². The van der Waals surface area contributed by atoms with E-state index in [0.717, 1.165) is 17.7 Å². The van der Waals surface area contributed by atoms with Gasteiger partial charge in [0.25, 0.3) is 0 Å². The molecule has 28 heavy (non-hydrogen) atoms. The number of primary amides is 1. The van der Waals surface area contributed by atoms with E-state index in [2.05, 4.69) is 10.3 Å². The first-order valence-corrected chi connectivity index (χ1v) is 9.26. The second kappa shape index (κ2) is 9.00. The highest BCUT2D eigenvalue weighted by Crippen LogP contribution is 2.41. The first-order chi connectivity index (χ1) is 13.5. The van der Waals surface area contributed by atoms with Crippen LogP contribution in [0.4, 0.5) is 11.5 Å². The van der Waals surface area contributed by atoms with E-state index in [4.69, 9.17) is 11.0 Å². The normalized spacial score (nSPS) is 20.1. The van der Waals surface area contributed by atoms with Crippen LogP contribution in [-0.4, -0.2) is 23.3 Å². The molecule has 3 atom stereocenters. The largest absolute Gasteiger partial charge is 0.366 e. The average molecular weight is 379 g/mol. The fourth-order valence-electron chi connectivity index (χ4n) is 3.29. The zero-order valence-electron chi connectivity index (χ0n) is 16.5. The quantitative estimate of drug-likeness (QED) is 0.792. The number of carbonyl (C=O) groups excluding carboxylic acids is 2. The maximum atomic E-state index is 11.6. The van der Waals surface area contributed by atoms with Crippen molar-refractivity contribution in [2.45, 2.75) is 39.8 Å². The van der Waals surface area contributed by atoms with Gasteiger partial charge in [0.05, 0.1) is 11.6 Å². The number of benzene rings is 1. The van der Waals surface area contributed by atoms with Gasteiger partial charge in [-0.15, -0.1) is 0 Å². The third-order valence-corrected chi connectivity index (χ3v) is 4.96. The monoisotopic (exact) mass is 379 g/mol. The SMILES string of the molecule is CC.CC1C(Nc2ccc(C#N)cn2)c2cc(C(N)=O)ccc2N(C=O)C1C. The lowest BCUT2D eigenvalue weighted by molar-refractivity contribution is -0.108. The van der Waals surface area contributed by atoms with E-state index in [1.165, 1.54) is 6.20 Å². The topological polar surface area (TPSA) is 112 Å². The third kappa shape index (κ3) is 3.96. The van der Waals surface area contributed by atoms with Crippen molar-refractivity contribution < 1.29 is 9.59 Å². The molecule has 3 rings (SSSR count). The van der Waals surface area contributed by atoms with Crippen molar-refractivity contribution in [3.63, 3.8) is 0 Å². The molecular weight excluding hydrogens is 354 g/mol. The van der Waals surface area contributed by atoms with Gasteiger partial charge in [-0.25, -0.2) is 4.98 Å². The number of nitrogens with one attached hydrogen (secondary N) is 1. The Kier molecular flexibility index (Phi) is 6.72. The molecule has 0 saturated carbocycles. The smallest absolute Gasteiger partial charge is 0.248 e. The van der Waals surface area contributed by atoms with E-state index < -0.39 is 5.91 Å².